The van der Waals surface area contributed by atoms with Crippen molar-refractivity contribution in [2.45, 2.75) is 25.4 Å². The van der Waals surface area contributed by atoms with Crippen LogP contribution < -0.4 is 0 Å². The Morgan fingerprint density at radius 3 is 2.00 bits per heavy atom. The predicted octanol–water partition coefficient (Wildman–Crippen LogP) is 2.71. The first kappa shape index (κ1) is 14.7. The van der Waals surface area contributed by atoms with E-state index in [1.165, 1.54) is 5.01 Å². The van der Waals surface area contributed by atoms with Crippen LogP contribution in [0.2, 0.25) is 0 Å². The maximum atomic E-state index is 12.6. The van der Waals surface area contributed by atoms with Crippen molar-refractivity contribution in [2.24, 2.45) is 0 Å². The molecule has 0 N–H and O–H groups in total. The van der Waals surface area contributed by atoms with Crippen LogP contribution in [0, 0.1) is 11.8 Å². The van der Waals surface area contributed by atoms with Gasteiger partial charge in [0.05, 0.1) is 16.7 Å². The number of hydrogen-bond acceptors (Lipinski definition) is 3. The van der Waals surface area contributed by atoms with E-state index in [9.17, 15) is 9.59 Å². The van der Waals surface area contributed by atoms with Crippen LogP contribution in [-0.4, -0.2) is 33.4 Å². The van der Waals surface area contributed by atoms with Crippen molar-refractivity contribution in [3.8, 4) is 11.8 Å². The number of imide groups is 1. The standard InChI is InChI=1S/C20H16N2O2/c1-20(2)17(13-12-14-8-4-3-5-9-14)22(20)21-18(23)15-10-6-7-11-16(15)19(21)24/h3-11,17H,1-2H3/t17-,22?/m0/s1. The molecule has 4 nitrogen and oxygen atoms in total. The Labute approximate surface area is 140 Å². The first-order valence-corrected chi connectivity index (χ1v) is 7.85. The van der Waals surface area contributed by atoms with Gasteiger partial charge in [0.2, 0.25) is 0 Å². The van der Waals surface area contributed by atoms with E-state index in [0.717, 1.165) is 5.56 Å². The van der Waals surface area contributed by atoms with Gasteiger partial charge in [0.15, 0.2) is 0 Å². The van der Waals surface area contributed by atoms with Crippen LogP contribution in [0.15, 0.2) is 54.6 Å². The molecule has 2 amide bonds. The number of amides is 2. The molecule has 4 rings (SSSR count). The molecule has 0 saturated carbocycles. The number of carbonyl (C=O) groups excluding carboxylic acids is 2. The third-order valence-corrected chi connectivity index (χ3v) is 4.55. The van der Waals surface area contributed by atoms with Gasteiger partial charge in [0.25, 0.3) is 11.8 Å². The van der Waals surface area contributed by atoms with Crippen LogP contribution in [0.3, 0.4) is 0 Å². The Bertz CT molecular complexity index is 871. The summed E-state index contributed by atoms with van der Waals surface area (Å²) in [4.78, 5) is 25.2. The molecule has 1 unspecified atom stereocenters. The Kier molecular flexibility index (Phi) is 3.09. The van der Waals surface area contributed by atoms with Crippen molar-refractivity contribution in [3.63, 3.8) is 0 Å². The summed E-state index contributed by atoms with van der Waals surface area (Å²) >= 11 is 0. The van der Waals surface area contributed by atoms with Gasteiger partial charge in [-0.1, -0.05) is 42.2 Å². The molecular weight excluding hydrogens is 300 g/mol. The molecule has 118 valence electrons. The molecule has 0 aliphatic carbocycles. The van der Waals surface area contributed by atoms with Gasteiger partial charge in [-0.2, -0.15) is 10.0 Å². The molecule has 0 radical (unpaired) electrons. The van der Waals surface area contributed by atoms with Crippen LogP contribution >= 0.6 is 0 Å². The van der Waals surface area contributed by atoms with Gasteiger partial charge in [-0.25, -0.2) is 0 Å². The zero-order valence-electron chi connectivity index (χ0n) is 13.5. The van der Waals surface area contributed by atoms with Crippen molar-refractivity contribution in [3.05, 3.63) is 71.3 Å². The number of fused-ring (bicyclic) bond motifs is 1. The molecule has 0 spiro atoms. The highest BCUT2D eigenvalue weighted by atomic mass is 16.2. The second kappa shape index (κ2) is 5.05. The summed E-state index contributed by atoms with van der Waals surface area (Å²) in [5, 5.41) is 3.02. The first-order valence-electron chi connectivity index (χ1n) is 7.85. The molecule has 2 aliphatic rings. The minimum absolute atomic E-state index is 0.167. The lowest BCUT2D eigenvalue weighted by Crippen LogP contribution is -2.38. The number of carbonyl (C=O) groups is 2. The van der Waals surface area contributed by atoms with Gasteiger partial charge in [0, 0.05) is 5.56 Å². The zero-order chi connectivity index (χ0) is 16.9. The number of nitrogens with zero attached hydrogens (tertiary/aromatic N) is 2. The average molecular weight is 316 g/mol. The summed E-state index contributed by atoms with van der Waals surface area (Å²) in [6, 6.07) is 16.4. The number of hydrogen-bond donors (Lipinski definition) is 0. The molecule has 0 aromatic heterocycles. The van der Waals surface area contributed by atoms with Crippen LogP contribution in [0.25, 0.3) is 0 Å². The smallest absolute Gasteiger partial charge is 0.267 e. The van der Waals surface area contributed by atoms with Crippen LogP contribution in [0.1, 0.15) is 40.1 Å². The van der Waals surface area contributed by atoms with E-state index in [2.05, 4.69) is 11.8 Å². The van der Waals surface area contributed by atoms with Crippen LogP contribution in [-0.2, 0) is 0 Å². The lowest BCUT2D eigenvalue weighted by atomic mass is 10.1. The van der Waals surface area contributed by atoms with Crippen LogP contribution in [0.5, 0.6) is 0 Å². The fourth-order valence-corrected chi connectivity index (χ4v) is 3.12. The largest absolute Gasteiger partial charge is 0.276 e. The van der Waals surface area contributed by atoms with Crippen molar-refractivity contribution < 1.29 is 9.59 Å². The summed E-state index contributed by atoms with van der Waals surface area (Å²) in [6.07, 6.45) is 0. The fraction of sp³-hybridized carbons (Fsp3) is 0.200. The average Bonchev–Trinajstić information content (AvgIpc) is 3.03. The van der Waals surface area contributed by atoms with Crippen molar-refractivity contribution >= 4 is 11.8 Å². The second-order valence-electron chi connectivity index (χ2n) is 6.50. The number of benzene rings is 2. The molecule has 24 heavy (non-hydrogen) atoms. The van der Waals surface area contributed by atoms with Crippen LogP contribution in [0.4, 0.5) is 0 Å². The van der Waals surface area contributed by atoms with Gasteiger partial charge in [-0.05, 0) is 38.1 Å². The second-order valence-corrected chi connectivity index (χ2v) is 6.50. The zero-order valence-corrected chi connectivity index (χ0v) is 13.5. The fourth-order valence-electron chi connectivity index (χ4n) is 3.12. The van der Waals surface area contributed by atoms with Gasteiger partial charge < -0.3 is 0 Å². The highest BCUT2D eigenvalue weighted by Crippen LogP contribution is 2.44. The molecule has 2 heterocycles. The molecule has 0 bridgehead atoms. The summed E-state index contributed by atoms with van der Waals surface area (Å²) in [5.41, 5.74) is 1.48. The van der Waals surface area contributed by atoms with E-state index in [1.54, 1.807) is 29.3 Å². The number of rotatable bonds is 1. The lowest BCUT2D eigenvalue weighted by molar-refractivity contribution is 0.0319. The molecule has 2 aliphatic heterocycles. The summed E-state index contributed by atoms with van der Waals surface area (Å²) in [5.74, 6) is 5.77. The molecule has 1 fully saturated rings. The minimum Gasteiger partial charge on any atom is -0.267 e. The van der Waals surface area contributed by atoms with E-state index < -0.39 is 0 Å². The van der Waals surface area contributed by atoms with E-state index in [-0.39, 0.29) is 23.4 Å². The Morgan fingerprint density at radius 1 is 0.875 bits per heavy atom. The molecular formula is C20H16N2O2. The Balaban J connectivity index is 1.63. The normalized spacial score (nSPS) is 23.5. The third-order valence-electron chi connectivity index (χ3n) is 4.55. The topological polar surface area (TPSA) is 40.4 Å². The van der Waals surface area contributed by atoms with Crippen molar-refractivity contribution in [1.29, 1.82) is 0 Å². The first-order chi connectivity index (χ1) is 11.5. The van der Waals surface area contributed by atoms with Gasteiger partial charge in [-0.3, -0.25) is 9.59 Å². The monoisotopic (exact) mass is 316 g/mol. The Hall–Kier alpha value is -2.90. The third kappa shape index (κ3) is 2.06. The SMILES string of the molecule is CC1(C)[C@H](C#Cc2ccccc2)N1N1C(=O)c2ccccc2C1=O. The van der Waals surface area contributed by atoms with Gasteiger partial charge >= 0.3 is 0 Å². The molecule has 1 saturated heterocycles. The van der Waals surface area contributed by atoms with Gasteiger partial charge in [0.1, 0.15) is 6.04 Å². The minimum atomic E-state index is -0.352. The number of hydrazine groups is 1. The van der Waals surface area contributed by atoms with Crippen molar-refractivity contribution in [1.82, 2.24) is 10.0 Å². The van der Waals surface area contributed by atoms with Gasteiger partial charge in [-0.15, -0.1) is 0 Å². The maximum absolute atomic E-state index is 12.6. The molecule has 2 aromatic carbocycles. The molecule has 2 aromatic rings. The van der Waals surface area contributed by atoms with Crippen molar-refractivity contribution in [2.75, 3.05) is 0 Å². The summed E-state index contributed by atoms with van der Waals surface area (Å²) in [6.45, 7) is 3.97. The maximum Gasteiger partial charge on any atom is 0.276 e. The summed E-state index contributed by atoms with van der Waals surface area (Å²) in [7, 11) is 0. The van der Waals surface area contributed by atoms with E-state index in [1.807, 2.05) is 44.2 Å². The Morgan fingerprint density at radius 2 is 1.42 bits per heavy atom. The summed E-state index contributed by atoms with van der Waals surface area (Å²) < 4.78 is 0. The van der Waals surface area contributed by atoms with E-state index in [0.29, 0.717) is 11.1 Å². The molecule has 4 heteroatoms. The lowest BCUT2D eigenvalue weighted by Gasteiger charge is -2.17. The quantitative estimate of drug-likeness (QED) is 0.461. The predicted molar refractivity (Wildman–Crippen MR) is 90.0 cm³/mol. The van der Waals surface area contributed by atoms with E-state index in [4.69, 9.17) is 0 Å². The highest BCUT2D eigenvalue weighted by Gasteiger charge is 2.62. The highest BCUT2D eigenvalue weighted by molar-refractivity contribution is 6.21. The molecule has 2 atom stereocenters. The van der Waals surface area contributed by atoms with E-state index >= 15 is 0 Å².